The lowest BCUT2D eigenvalue weighted by atomic mass is 9.97. The van der Waals surface area contributed by atoms with Crippen LogP contribution in [0.15, 0.2) is 39.8 Å². The van der Waals surface area contributed by atoms with Crippen molar-refractivity contribution < 1.29 is 14.3 Å². The Balaban J connectivity index is 1.49. The van der Waals surface area contributed by atoms with Crippen LogP contribution in [0.4, 0.5) is 0 Å². The van der Waals surface area contributed by atoms with E-state index in [0.29, 0.717) is 25.4 Å². The molecular formula is C18H20N4O3S. The van der Waals surface area contributed by atoms with Crippen LogP contribution in [0.25, 0.3) is 0 Å². The SMILES string of the molecule is O=C(c1ccc(CO)o1)N1CCCC(c2nccn2Cc2cscn2)C1. The van der Waals surface area contributed by atoms with E-state index in [-0.39, 0.29) is 24.2 Å². The normalized spacial score (nSPS) is 17.6. The lowest BCUT2D eigenvalue weighted by molar-refractivity contribution is 0.0666. The topological polar surface area (TPSA) is 84.4 Å². The summed E-state index contributed by atoms with van der Waals surface area (Å²) in [6.07, 6.45) is 5.70. The third kappa shape index (κ3) is 3.42. The fourth-order valence-electron chi connectivity index (χ4n) is 3.41. The number of rotatable bonds is 5. The van der Waals surface area contributed by atoms with Gasteiger partial charge in [0, 0.05) is 36.8 Å². The molecule has 0 radical (unpaired) electrons. The van der Waals surface area contributed by atoms with Crippen LogP contribution in [0.3, 0.4) is 0 Å². The van der Waals surface area contributed by atoms with Crippen LogP contribution in [-0.4, -0.2) is 43.5 Å². The van der Waals surface area contributed by atoms with E-state index in [1.165, 1.54) is 0 Å². The fraction of sp³-hybridized carbons (Fsp3) is 0.389. The smallest absolute Gasteiger partial charge is 0.289 e. The third-order valence-electron chi connectivity index (χ3n) is 4.67. The molecule has 0 bridgehead atoms. The van der Waals surface area contributed by atoms with E-state index in [2.05, 4.69) is 14.5 Å². The fourth-order valence-corrected chi connectivity index (χ4v) is 3.96. The van der Waals surface area contributed by atoms with Gasteiger partial charge in [0.25, 0.3) is 5.91 Å². The minimum atomic E-state index is -0.204. The molecule has 0 aromatic carbocycles. The molecule has 3 aromatic heterocycles. The summed E-state index contributed by atoms with van der Waals surface area (Å²) in [7, 11) is 0. The number of hydrogen-bond donors (Lipinski definition) is 1. The van der Waals surface area contributed by atoms with Gasteiger partial charge in [-0.15, -0.1) is 11.3 Å². The van der Waals surface area contributed by atoms with Gasteiger partial charge in [-0.25, -0.2) is 9.97 Å². The molecule has 3 aromatic rings. The average molecular weight is 372 g/mol. The number of imidazole rings is 1. The molecule has 0 saturated carbocycles. The highest BCUT2D eigenvalue weighted by atomic mass is 32.1. The summed E-state index contributed by atoms with van der Waals surface area (Å²) < 4.78 is 7.51. The maximum Gasteiger partial charge on any atom is 0.289 e. The van der Waals surface area contributed by atoms with Crippen molar-refractivity contribution in [3.8, 4) is 0 Å². The monoisotopic (exact) mass is 372 g/mol. The van der Waals surface area contributed by atoms with Gasteiger partial charge >= 0.3 is 0 Å². The standard InChI is InChI=1S/C18H20N4O3S/c23-10-15-3-4-16(25-15)18(24)22-6-1-2-13(8-22)17-19-5-7-21(17)9-14-11-26-12-20-14/h3-5,7,11-13,23H,1-2,6,8-10H2. The molecule has 4 heterocycles. The molecule has 1 saturated heterocycles. The van der Waals surface area contributed by atoms with Crippen molar-refractivity contribution in [3.63, 3.8) is 0 Å². The van der Waals surface area contributed by atoms with Crippen LogP contribution in [-0.2, 0) is 13.2 Å². The van der Waals surface area contributed by atoms with Crippen LogP contribution >= 0.6 is 11.3 Å². The molecule has 0 spiro atoms. The van der Waals surface area contributed by atoms with E-state index in [1.807, 2.05) is 28.2 Å². The van der Waals surface area contributed by atoms with Gasteiger partial charge in [0.2, 0.25) is 0 Å². The number of piperidine rings is 1. The number of aromatic nitrogens is 3. The van der Waals surface area contributed by atoms with Crippen LogP contribution < -0.4 is 0 Å². The maximum atomic E-state index is 12.7. The zero-order valence-electron chi connectivity index (χ0n) is 14.2. The maximum absolute atomic E-state index is 12.7. The van der Waals surface area contributed by atoms with E-state index in [1.54, 1.807) is 23.5 Å². The zero-order valence-corrected chi connectivity index (χ0v) is 15.1. The summed E-state index contributed by atoms with van der Waals surface area (Å²) in [6, 6.07) is 3.26. The van der Waals surface area contributed by atoms with Crippen LogP contribution in [0.1, 0.15) is 46.6 Å². The summed E-state index contributed by atoms with van der Waals surface area (Å²) >= 11 is 1.58. The van der Waals surface area contributed by atoms with E-state index < -0.39 is 0 Å². The zero-order chi connectivity index (χ0) is 17.9. The number of furan rings is 1. The molecule has 1 unspecified atom stereocenters. The second-order valence-electron chi connectivity index (χ2n) is 6.41. The number of carbonyl (C=O) groups is 1. The molecule has 4 rings (SSSR count). The van der Waals surface area contributed by atoms with Crippen molar-refractivity contribution in [2.75, 3.05) is 13.1 Å². The molecule has 26 heavy (non-hydrogen) atoms. The Morgan fingerprint density at radius 2 is 2.31 bits per heavy atom. The minimum absolute atomic E-state index is 0.132. The molecule has 1 aliphatic rings. The van der Waals surface area contributed by atoms with Crippen molar-refractivity contribution in [1.29, 1.82) is 0 Å². The summed E-state index contributed by atoms with van der Waals surface area (Å²) in [5.74, 6) is 1.73. The Kier molecular flexibility index (Phi) is 4.85. The molecular weight excluding hydrogens is 352 g/mol. The second-order valence-corrected chi connectivity index (χ2v) is 7.13. The summed E-state index contributed by atoms with van der Waals surface area (Å²) in [5, 5.41) is 11.1. The predicted octanol–water partition coefficient (Wildman–Crippen LogP) is 2.49. The van der Waals surface area contributed by atoms with Crippen molar-refractivity contribution in [2.24, 2.45) is 0 Å². The van der Waals surface area contributed by atoms with Crippen LogP contribution in [0.5, 0.6) is 0 Å². The first-order valence-corrected chi connectivity index (χ1v) is 9.56. The van der Waals surface area contributed by atoms with Crippen LogP contribution in [0, 0.1) is 0 Å². The van der Waals surface area contributed by atoms with Crippen LogP contribution in [0.2, 0.25) is 0 Å². The van der Waals surface area contributed by atoms with Gasteiger partial charge in [-0.2, -0.15) is 0 Å². The summed E-state index contributed by atoms with van der Waals surface area (Å²) in [5.41, 5.74) is 2.85. The van der Waals surface area contributed by atoms with E-state index in [9.17, 15) is 4.79 Å². The number of aliphatic hydroxyl groups is 1. The van der Waals surface area contributed by atoms with Gasteiger partial charge in [0.1, 0.15) is 18.2 Å². The molecule has 7 nitrogen and oxygen atoms in total. The molecule has 1 N–H and O–H groups in total. The Labute approximate surface area is 154 Å². The number of nitrogens with zero attached hydrogens (tertiary/aromatic N) is 4. The first kappa shape index (κ1) is 17.0. The Hall–Kier alpha value is -2.45. The highest BCUT2D eigenvalue weighted by Crippen LogP contribution is 2.27. The molecule has 136 valence electrons. The average Bonchev–Trinajstić information content (AvgIpc) is 3.43. The molecule has 1 amide bonds. The predicted molar refractivity (Wildman–Crippen MR) is 96.0 cm³/mol. The number of likely N-dealkylation sites (tertiary alicyclic amines) is 1. The second kappa shape index (κ2) is 7.43. The Morgan fingerprint density at radius 3 is 3.08 bits per heavy atom. The molecule has 1 aliphatic heterocycles. The number of amides is 1. The quantitative estimate of drug-likeness (QED) is 0.744. The van der Waals surface area contributed by atoms with E-state index in [0.717, 1.165) is 24.4 Å². The highest BCUT2D eigenvalue weighted by Gasteiger charge is 2.29. The molecule has 1 atom stereocenters. The third-order valence-corrected chi connectivity index (χ3v) is 5.30. The van der Waals surface area contributed by atoms with Gasteiger partial charge in [0.15, 0.2) is 5.76 Å². The largest absolute Gasteiger partial charge is 0.453 e. The number of thiazole rings is 1. The number of carbonyl (C=O) groups excluding carboxylic acids is 1. The molecule has 1 fully saturated rings. The molecule has 8 heteroatoms. The van der Waals surface area contributed by atoms with Crippen molar-refractivity contribution in [3.05, 3.63) is 58.5 Å². The number of hydrogen-bond acceptors (Lipinski definition) is 6. The van der Waals surface area contributed by atoms with Crippen molar-refractivity contribution in [2.45, 2.75) is 31.9 Å². The van der Waals surface area contributed by atoms with Gasteiger partial charge < -0.3 is 19.0 Å². The van der Waals surface area contributed by atoms with E-state index >= 15 is 0 Å². The van der Waals surface area contributed by atoms with Gasteiger partial charge in [0.05, 0.1) is 17.7 Å². The first-order chi connectivity index (χ1) is 12.7. The summed E-state index contributed by atoms with van der Waals surface area (Å²) in [6.45, 7) is 1.81. The van der Waals surface area contributed by atoms with Gasteiger partial charge in [-0.3, -0.25) is 4.79 Å². The van der Waals surface area contributed by atoms with Gasteiger partial charge in [-0.05, 0) is 25.0 Å². The first-order valence-electron chi connectivity index (χ1n) is 8.61. The van der Waals surface area contributed by atoms with E-state index in [4.69, 9.17) is 9.52 Å². The lowest BCUT2D eigenvalue weighted by Crippen LogP contribution is -2.39. The minimum Gasteiger partial charge on any atom is -0.453 e. The summed E-state index contributed by atoms with van der Waals surface area (Å²) in [4.78, 5) is 23.4. The Bertz CT molecular complexity index is 871. The Morgan fingerprint density at radius 1 is 1.38 bits per heavy atom. The van der Waals surface area contributed by atoms with Gasteiger partial charge in [-0.1, -0.05) is 0 Å². The highest BCUT2D eigenvalue weighted by molar-refractivity contribution is 7.07. The molecule has 0 aliphatic carbocycles. The van der Waals surface area contributed by atoms with Crippen molar-refractivity contribution in [1.82, 2.24) is 19.4 Å². The lowest BCUT2D eigenvalue weighted by Gasteiger charge is -2.32. The van der Waals surface area contributed by atoms with Crippen molar-refractivity contribution >= 4 is 17.2 Å². The number of aliphatic hydroxyl groups excluding tert-OH is 1.